The quantitative estimate of drug-likeness (QED) is 0.290. The minimum atomic E-state index is -0.294. The molecule has 2 saturated heterocycles. The Morgan fingerprint density at radius 3 is 2.40 bits per heavy atom. The highest BCUT2D eigenvalue weighted by molar-refractivity contribution is 14.1. The average molecular weight is 522 g/mol. The lowest BCUT2D eigenvalue weighted by atomic mass is 9.95. The second-order valence-corrected chi connectivity index (χ2v) is 9.36. The second kappa shape index (κ2) is 10.9. The first-order valence-corrected chi connectivity index (χ1v) is 12.2. The maximum absolute atomic E-state index is 6.35. The van der Waals surface area contributed by atoms with Crippen molar-refractivity contribution in [3.8, 4) is 5.75 Å². The molecule has 0 N–H and O–H groups in total. The Labute approximate surface area is 193 Å². The van der Waals surface area contributed by atoms with Gasteiger partial charge >= 0.3 is 0 Å². The van der Waals surface area contributed by atoms with E-state index in [0.717, 1.165) is 37.2 Å². The van der Waals surface area contributed by atoms with Crippen LogP contribution in [-0.4, -0.2) is 25.4 Å². The van der Waals surface area contributed by atoms with Crippen molar-refractivity contribution >= 4 is 22.6 Å². The fraction of sp³-hybridized carbons (Fsp3) is 0.520. The molecule has 0 unspecified atom stereocenters. The van der Waals surface area contributed by atoms with Crippen molar-refractivity contribution in [3.05, 3.63) is 63.2 Å². The Morgan fingerprint density at radius 1 is 0.867 bits per heavy atom. The largest absolute Gasteiger partial charge is 0.494 e. The molecule has 0 radical (unpaired) electrons. The number of hydrogen-bond donors (Lipinski definition) is 0. The van der Waals surface area contributed by atoms with E-state index in [1.807, 2.05) is 0 Å². The molecular formula is C25H31IO4. The molecule has 0 aliphatic carbocycles. The van der Waals surface area contributed by atoms with Gasteiger partial charge in [-0.05, 0) is 71.7 Å². The molecule has 2 aromatic rings. The van der Waals surface area contributed by atoms with Crippen LogP contribution in [0.5, 0.6) is 5.75 Å². The highest BCUT2D eigenvalue weighted by Crippen LogP contribution is 2.38. The lowest BCUT2D eigenvalue weighted by Gasteiger charge is -2.42. The summed E-state index contributed by atoms with van der Waals surface area (Å²) in [6.07, 6.45) is 6.69. The molecule has 0 bridgehead atoms. The molecule has 4 nitrogen and oxygen atoms in total. The number of rotatable bonds is 8. The molecule has 2 aliphatic heterocycles. The summed E-state index contributed by atoms with van der Waals surface area (Å²) in [5.41, 5.74) is 2.27. The lowest BCUT2D eigenvalue weighted by molar-refractivity contribution is -0.289. The van der Waals surface area contributed by atoms with Crippen molar-refractivity contribution in [2.24, 2.45) is 0 Å². The lowest BCUT2D eigenvalue weighted by Crippen LogP contribution is -2.45. The van der Waals surface area contributed by atoms with Crippen LogP contribution in [0.25, 0.3) is 0 Å². The van der Waals surface area contributed by atoms with Gasteiger partial charge in [0.25, 0.3) is 0 Å². The van der Waals surface area contributed by atoms with Gasteiger partial charge in [-0.3, -0.25) is 0 Å². The van der Waals surface area contributed by atoms with E-state index in [2.05, 4.69) is 78.0 Å². The normalized spacial score (nSPS) is 26.2. The summed E-state index contributed by atoms with van der Waals surface area (Å²) >= 11 is 2.31. The van der Waals surface area contributed by atoms with Crippen LogP contribution in [0.1, 0.15) is 69.0 Å². The minimum absolute atomic E-state index is 0.0154. The molecule has 4 atom stereocenters. The molecule has 4 rings (SSSR count). The summed E-state index contributed by atoms with van der Waals surface area (Å²) in [7, 11) is 0. The topological polar surface area (TPSA) is 36.9 Å². The SMILES string of the molecule is CCCCCCOc1ccc([C@H]2CC[C@@H]3O[C@H](c4ccc(I)cc4)OC[C@H]3O2)cc1. The van der Waals surface area contributed by atoms with E-state index in [1.54, 1.807) is 0 Å². The third kappa shape index (κ3) is 5.75. The van der Waals surface area contributed by atoms with E-state index in [0.29, 0.717) is 6.61 Å². The molecular weight excluding hydrogens is 491 g/mol. The minimum Gasteiger partial charge on any atom is -0.494 e. The molecule has 5 heteroatoms. The first-order valence-electron chi connectivity index (χ1n) is 11.1. The summed E-state index contributed by atoms with van der Waals surface area (Å²) < 4.78 is 25.6. The summed E-state index contributed by atoms with van der Waals surface area (Å²) in [4.78, 5) is 0. The van der Waals surface area contributed by atoms with E-state index in [9.17, 15) is 0 Å². The van der Waals surface area contributed by atoms with E-state index in [4.69, 9.17) is 18.9 Å². The number of hydrogen-bond acceptors (Lipinski definition) is 4. The predicted molar refractivity (Wildman–Crippen MR) is 126 cm³/mol. The van der Waals surface area contributed by atoms with Crippen molar-refractivity contribution in [1.29, 1.82) is 0 Å². The van der Waals surface area contributed by atoms with Crippen LogP contribution < -0.4 is 4.74 Å². The van der Waals surface area contributed by atoms with Gasteiger partial charge in [0.15, 0.2) is 6.29 Å². The van der Waals surface area contributed by atoms with Gasteiger partial charge in [0, 0.05) is 9.13 Å². The van der Waals surface area contributed by atoms with E-state index >= 15 is 0 Å². The highest BCUT2D eigenvalue weighted by atomic mass is 127. The summed E-state index contributed by atoms with van der Waals surface area (Å²) in [6, 6.07) is 16.7. The molecule has 0 saturated carbocycles. The van der Waals surface area contributed by atoms with Gasteiger partial charge in [0.1, 0.15) is 11.9 Å². The van der Waals surface area contributed by atoms with Crippen LogP contribution in [-0.2, 0) is 14.2 Å². The predicted octanol–water partition coefficient (Wildman–Crippen LogP) is 6.58. The van der Waals surface area contributed by atoms with E-state index in [-0.39, 0.29) is 24.6 Å². The smallest absolute Gasteiger partial charge is 0.184 e. The summed E-state index contributed by atoms with van der Waals surface area (Å²) in [5.74, 6) is 0.939. The summed E-state index contributed by atoms with van der Waals surface area (Å²) in [5, 5.41) is 0. The van der Waals surface area contributed by atoms with Gasteiger partial charge in [-0.15, -0.1) is 0 Å². The highest BCUT2D eigenvalue weighted by Gasteiger charge is 2.38. The molecule has 0 amide bonds. The molecule has 2 aliphatic rings. The number of ether oxygens (including phenoxy) is 4. The molecule has 30 heavy (non-hydrogen) atoms. The van der Waals surface area contributed by atoms with E-state index < -0.39 is 0 Å². The Kier molecular flexibility index (Phi) is 8.04. The van der Waals surface area contributed by atoms with E-state index in [1.165, 1.54) is 28.4 Å². The van der Waals surface area contributed by atoms with Crippen LogP contribution in [0.3, 0.4) is 0 Å². The number of benzene rings is 2. The zero-order chi connectivity index (χ0) is 20.8. The Morgan fingerprint density at radius 2 is 1.63 bits per heavy atom. The molecule has 162 valence electrons. The monoisotopic (exact) mass is 522 g/mol. The maximum atomic E-state index is 6.35. The van der Waals surface area contributed by atoms with Crippen LogP contribution in [0.15, 0.2) is 48.5 Å². The standard InChI is InChI=1S/C25H31IO4/c1-2-3-4-5-16-27-21-12-8-18(9-13-21)22-14-15-23-24(29-22)17-28-25(30-23)19-6-10-20(26)11-7-19/h6-13,22-25H,2-5,14-17H2,1H3/t22-,23+,24-,25-/m1/s1. The number of halogens is 1. The fourth-order valence-electron chi connectivity index (χ4n) is 4.09. The van der Waals surface area contributed by atoms with Crippen molar-refractivity contribution in [1.82, 2.24) is 0 Å². The summed E-state index contributed by atoms with van der Waals surface area (Å²) in [6.45, 7) is 3.58. The average Bonchev–Trinajstić information content (AvgIpc) is 2.79. The molecule has 0 aromatic heterocycles. The molecule has 2 fully saturated rings. The third-order valence-electron chi connectivity index (χ3n) is 5.84. The number of fused-ring (bicyclic) bond motifs is 1. The molecule has 2 heterocycles. The Balaban J connectivity index is 1.27. The van der Waals surface area contributed by atoms with Crippen molar-refractivity contribution in [2.75, 3.05) is 13.2 Å². The van der Waals surface area contributed by atoms with Gasteiger partial charge in [0.2, 0.25) is 0 Å². The van der Waals surface area contributed by atoms with Crippen LogP contribution in [0.2, 0.25) is 0 Å². The fourth-order valence-corrected chi connectivity index (χ4v) is 4.45. The Bertz CT molecular complexity index is 777. The van der Waals surface area contributed by atoms with Crippen LogP contribution in [0, 0.1) is 3.57 Å². The van der Waals surface area contributed by atoms with Gasteiger partial charge < -0.3 is 18.9 Å². The zero-order valence-corrected chi connectivity index (χ0v) is 19.8. The van der Waals surface area contributed by atoms with Crippen molar-refractivity contribution < 1.29 is 18.9 Å². The van der Waals surface area contributed by atoms with Gasteiger partial charge in [-0.2, -0.15) is 0 Å². The molecule has 2 aromatic carbocycles. The maximum Gasteiger partial charge on any atom is 0.184 e. The van der Waals surface area contributed by atoms with Crippen LogP contribution in [0.4, 0.5) is 0 Å². The second-order valence-electron chi connectivity index (χ2n) is 8.11. The Hall–Kier alpha value is -1.15. The van der Waals surface area contributed by atoms with Crippen LogP contribution >= 0.6 is 22.6 Å². The van der Waals surface area contributed by atoms with Crippen molar-refractivity contribution in [3.63, 3.8) is 0 Å². The van der Waals surface area contributed by atoms with Crippen molar-refractivity contribution in [2.45, 2.75) is 70.1 Å². The first kappa shape index (κ1) is 22.1. The number of unbranched alkanes of at least 4 members (excludes halogenated alkanes) is 3. The molecule has 0 spiro atoms. The van der Waals surface area contributed by atoms with Gasteiger partial charge in [-0.25, -0.2) is 0 Å². The van der Waals surface area contributed by atoms with Gasteiger partial charge in [-0.1, -0.05) is 50.5 Å². The third-order valence-corrected chi connectivity index (χ3v) is 6.56. The zero-order valence-electron chi connectivity index (χ0n) is 17.6. The first-order chi connectivity index (χ1) is 14.7. The van der Waals surface area contributed by atoms with Gasteiger partial charge in [0.05, 0.1) is 25.4 Å².